The van der Waals surface area contributed by atoms with Crippen molar-refractivity contribution in [3.05, 3.63) is 29.8 Å². The highest BCUT2D eigenvalue weighted by molar-refractivity contribution is 7.91. The second kappa shape index (κ2) is 4.19. The predicted molar refractivity (Wildman–Crippen MR) is 57.9 cm³/mol. The van der Waals surface area contributed by atoms with Gasteiger partial charge in [-0.15, -0.1) is 0 Å². The summed E-state index contributed by atoms with van der Waals surface area (Å²) < 4.78 is 75.2. The number of nitrogens with zero attached hydrogens (tertiary/aromatic N) is 2. The number of alkyl halides is 3. The molecule has 104 valence electrons. The maximum Gasteiger partial charge on any atom is 0.417 e. The van der Waals surface area contributed by atoms with Crippen LogP contribution < -0.4 is 0 Å². The molecule has 4 nitrogen and oxygen atoms in total. The Morgan fingerprint density at radius 3 is 2.47 bits per heavy atom. The van der Waals surface area contributed by atoms with E-state index < -0.39 is 38.3 Å². The number of sulfone groups is 1. The summed E-state index contributed by atoms with van der Waals surface area (Å²) in [6.07, 6.45) is -4.13. The minimum Gasteiger partial charge on any atom is -0.287 e. The SMILES string of the molecule is CCS(=O)(=O)c1c(F)nc2ccc(C(F)(F)F)cn12. The first kappa shape index (κ1) is 13.8. The van der Waals surface area contributed by atoms with E-state index in [2.05, 4.69) is 4.98 Å². The number of halogens is 4. The fraction of sp³-hybridized carbons (Fsp3) is 0.300. The van der Waals surface area contributed by atoms with Gasteiger partial charge in [-0.25, -0.2) is 8.42 Å². The summed E-state index contributed by atoms with van der Waals surface area (Å²) in [5.74, 6) is -1.74. The molecule has 0 radical (unpaired) electrons. The molecule has 2 aromatic heterocycles. The zero-order valence-corrected chi connectivity index (χ0v) is 10.4. The first-order valence-electron chi connectivity index (χ1n) is 5.14. The van der Waals surface area contributed by atoms with Crippen LogP contribution in [-0.4, -0.2) is 23.6 Å². The number of pyridine rings is 1. The summed E-state index contributed by atoms with van der Waals surface area (Å²) in [6.45, 7) is 1.27. The van der Waals surface area contributed by atoms with Gasteiger partial charge in [0.2, 0.25) is 0 Å². The van der Waals surface area contributed by atoms with Crippen molar-refractivity contribution >= 4 is 15.5 Å². The highest BCUT2D eigenvalue weighted by Gasteiger charge is 2.32. The van der Waals surface area contributed by atoms with E-state index in [9.17, 15) is 26.0 Å². The van der Waals surface area contributed by atoms with Gasteiger partial charge >= 0.3 is 6.18 Å². The van der Waals surface area contributed by atoms with Crippen LogP contribution >= 0.6 is 0 Å². The van der Waals surface area contributed by atoms with E-state index in [1.54, 1.807) is 0 Å². The van der Waals surface area contributed by atoms with Gasteiger partial charge in [0.15, 0.2) is 14.9 Å². The number of aromatic nitrogens is 2. The molecular formula is C10H8F4N2O2S. The van der Waals surface area contributed by atoms with Crippen molar-refractivity contribution in [2.24, 2.45) is 0 Å². The minimum absolute atomic E-state index is 0.197. The number of hydrogen-bond acceptors (Lipinski definition) is 3. The van der Waals surface area contributed by atoms with Crippen molar-refractivity contribution < 1.29 is 26.0 Å². The Bertz CT molecular complexity index is 734. The van der Waals surface area contributed by atoms with Crippen LogP contribution in [0.3, 0.4) is 0 Å². The van der Waals surface area contributed by atoms with Crippen LogP contribution in [0.1, 0.15) is 12.5 Å². The third-order valence-corrected chi connectivity index (χ3v) is 4.25. The van der Waals surface area contributed by atoms with Gasteiger partial charge in [-0.05, 0) is 12.1 Å². The molecule has 0 aromatic carbocycles. The van der Waals surface area contributed by atoms with Crippen molar-refractivity contribution in [3.8, 4) is 0 Å². The van der Waals surface area contributed by atoms with E-state index in [1.165, 1.54) is 6.92 Å². The van der Waals surface area contributed by atoms with Crippen LogP contribution in [0.4, 0.5) is 17.6 Å². The van der Waals surface area contributed by atoms with Crippen LogP contribution in [-0.2, 0) is 16.0 Å². The Morgan fingerprint density at radius 2 is 1.95 bits per heavy atom. The molecule has 2 rings (SSSR count). The smallest absolute Gasteiger partial charge is 0.287 e. The van der Waals surface area contributed by atoms with Gasteiger partial charge in [-0.1, -0.05) is 6.92 Å². The normalized spacial score (nSPS) is 13.1. The monoisotopic (exact) mass is 296 g/mol. The Hall–Kier alpha value is -1.64. The number of imidazole rings is 1. The van der Waals surface area contributed by atoms with E-state index in [0.717, 1.165) is 6.07 Å². The predicted octanol–water partition coefficient (Wildman–Crippen LogP) is 2.29. The van der Waals surface area contributed by atoms with Gasteiger partial charge in [0.25, 0.3) is 5.95 Å². The number of hydrogen-bond donors (Lipinski definition) is 0. The molecule has 0 bridgehead atoms. The molecule has 0 aliphatic heterocycles. The second-order valence-electron chi connectivity index (χ2n) is 3.75. The van der Waals surface area contributed by atoms with Crippen LogP contribution in [0.5, 0.6) is 0 Å². The van der Waals surface area contributed by atoms with Crippen LogP contribution in [0.25, 0.3) is 5.65 Å². The molecule has 0 amide bonds. The van der Waals surface area contributed by atoms with Crippen molar-refractivity contribution in [2.45, 2.75) is 18.1 Å². The molecule has 0 saturated carbocycles. The summed E-state index contributed by atoms with van der Waals surface area (Å²) in [7, 11) is -4.02. The molecule has 0 atom stereocenters. The van der Waals surface area contributed by atoms with Crippen LogP contribution in [0.15, 0.2) is 23.4 Å². The van der Waals surface area contributed by atoms with Gasteiger partial charge in [0.1, 0.15) is 5.65 Å². The molecule has 0 saturated heterocycles. The third-order valence-electron chi connectivity index (χ3n) is 2.54. The lowest BCUT2D eigenvalue weighted by molar-refractivity contribution is -0.137. The Morgan fingerprint density at radius 1 is 1.32 bits per heavy atom. The molecule has 9 heteroatoms. The van der Waals surface area contributed by atoms with Crippen molar-refractivity contribution in [1.82, 2.24) is 9.38 Å². The molecular weight excluding hydrogens is 288 g/mol. The number of fused-ring (bicyclic) bond motifs is 1. The summed E-state index contributed by atoms with van der Waals surface area (Å²) in [4.78, 5) is 3.30. The van der Waals surface area contributed by atoms with E-state index in [0.29, 0.717) is 16.7 Å². The van der Waals surface area contributed by atoms with E-state index in [1.807, 2.05) is 0 Å². The lowest BCUT2D eigenvalue weighted by atomic mass is 10.3. The summed E-state index contributed by atoms with van der Waals surface area (Å²) in [6, 6.07) is 1.63. The zero-order chi connectivity index (χ0) is 14.4. The van der Waals surface area contributed by atoms with Gasteiger partial charge in [0.05, 0.1) is 11.3 Å². The molecule has 0 spiro atoms. The first-order valence-corrected chi connectivity index (χ1v) is 6.79. The topological polar surface area (TPSA) is 51.4 Å². The molecule has 0 aliphatic carbocycles. The van der Waals surface area contributed by atoms with Crippen LogP contribution in [0, 0.1) is 5.95 Å². The van der Waals surface area contributed by atoms with E-state index >= 15 is 0 Å². The fourth-order valence-corrected chi connectivity index (χ4v) is 2.60. The highest BCUT2D eigenvalue weighted by atomic mass is 32.2. The molecule has 0 N–H and O–H groups in total. The van der Waals surface area contributed by atoms with E-state index in [-0.39, 0.29) is 5.65 Å². The summed E-state index contributed by atoms with van der Waals surface area (Å²) >= 11 is 0. The first-order chi connectivity index (χ1) is 8.66. The largest absolute Gasteiger partial charge is 0.417 e. The molecule has 0 aliphatic rings. The average molecular weight is 296 g/mol. The average Bonchev–Trinajstić information content (AvgIpc) is 2.63. The lowest BCUT2D eigenvalue weighted by Gasteiger charge is -2.08. The molecule has 19 heavy (non-hydrogen) atoms. The van der Waals surface area contributed by atoms with Gasteiger partial charge in [-0.2, -0.15) is 22.5 Å². The fourth-order valence-electron chi connectivity index (χ4n) is 1.58. The van der Waals surface area contributed by atoms with Crippen molar-refractivity contribution in [2.75, 3.05) is 5.75 Å². The Balaban J connectivity index is 2.81. The molecule has 2 aromatic rings. The molecule has 2 heterocycles. The Kier molecular flexibility index (Phi) is 3.04. The lowest BCUT2D eigenvalue weighted by Crippen LogP contribution is -2.11. The summed E-state index contributed by atoms with van der Waals surface area (Å²) in [5, 5.41) is -0.851. The second-order valence-corrected chi connectivity index (χ2v) is 5.95. The van der Waals surface area contributed by atoms with Crippen molar-refractivity contribution in [3.63, 3.8) is 0 Å². The Labute approximate surface area is 105 Å². The highest BCUT2D eigenvalue weighted by Crippen LogP contribution is 2.30. The van der Waals surface area contributed by atoms with Gasteiger partial charge in [0, 0.05) is 6.20 Å². The maximum absolute atomic E-state index is 13.5. The van der Waals surface area contributed by atoms with E-state index in [4.69, 9.17) is 0 Å². The van der Waals surface area contributed by atoms with Crippen LogP contribution in [0.2, 0.25) is 0 Å². The maximum atomic E-state index is 13.5. The van der Waals surface area contributed by atoms with Gasteiger partial charge < -0.3 is 0 Å². The van der Waals surface area contributed by atoms with Gasteiger partial charge in [-0.3, -0.25) is 4.40 Å². The molecule has 0 fully saturated rings. The minimum atomic E-state index is -4.65. The third kappa shape index (κ3) is 2.29. The standard InChI is InChI=1S/C10H8F4N2O2S/c1-2-19(17,18)9-8(11)15-7-4-3-6(5-16(7)9)10(12,13)14/h3-5H,2H2,1H3. The van der Waals surface area contributed by atoms with Crippen molar-refractivity contribution in [1.29, 1.82) is 0 Å². The zero-order valence-electron chi connectivity index (χ0n) is 9.57. The molecule has 0 unspecified atom stereocenters. The number of rotatable bonds is 2. The quantitative estimate of drug-likeness (QED) is 0.799. The summed E-state index contributed by atoms with van der Waals surface area (Å²) in [5.41, 5.74) is -1.28.